The summed E-state index contributed by atoms with van der Waals surface area (Å²) in [5, 5.41) is 6.80. The fourth-order valence-electron chi connectivity index (χ4n) is 2.44. The van der Waals surface area contributed by atoms with Crippen molar-refractivity contribution in [2.45, 2.75) is 6.54 Å². The Morgan fingerprint density at radius 3 is 2.74 bits per heavy atom. The van der Waals surface area contributed by atoms with Crippen LogP contribution in [0.25, 0.3) is 11.3 Å². The maximum absolute atomic E-state index is 14.3. The molecule has 0 saturated heterocycles. The molecule has 2 aromatic carbocycles. The van der Waals surface area contributed by atoms with E-state index in [1.54, 1.807) is 24.3 Å². The van der Waals surface area contributed by atoms with Gasteiger partial charge in [-0.15, -0.1) is 0 Å². The number of hydrogen-bond donors (Lipinski definition) is 1. The molecule has 0 aliphatic carbocycles. The summed E-state index contributed by atoms with van der Waals surface area (Å²) in [5.74, 6) is -0.585. The predicted molar refractivity (Wildman–Crippen MR) is 103 cm³/mol. The van der Waals surface area contributed by atoms with E-state index in [9.17, 15) is 14.0 Å². The number of carbonyl (C=O) groups excluding carboxylic acids is 1. The van der Waals surface area contributed by atoms with Gasteiger partial charge in [0.2, 0.25) is 5.91 Å². The van der Waals surface area contributed by atoms with Crippen LogP contribution in [0.4, 0.5) is 10.1 Å². The highest BCUT2D eigenvalue weighted by molar-refractivity contribution is 9.10. The van der Waals surface area contributed by atoms with Crippen LogP contribution in [0.2, 0.25) is 0 Å². The lowest BCUT2D eigenvalue weighted by Gasteiger charge is -2.09. The van der Waals surface area contributed by atoms with E-state index < -0.39 is 17.3 Å². The number of carbonyl (C=O) groups is 1. The Labute approximate surface area is 162 Å². The number of hydrogen-bond acceptors (Lipinski definition) is 4. The second-order valence-electron chi connectivity index (χ2n) is 5.62. The number of halogens is 2. The van der Waals surface area contributed by atoms with Crippen LogP contribution in [0.1, 0.15) is 0 Å². The van der Waals surface area contributed by atoms with E-state index in [2.05, 4.69) is 26.3 Å². The monoisotopic (exact) mass is 431 g/mol. The second kappa shape index (κ2) is 8.13. The van der Waals surface area contributed by atoms with Crippen LogP contribution >= 0.6 is 15.9 Å². The maximum Gasteiger partial charge on any atom is 0.267 e. The van der Waals surface area contributed by atoms with Crippen molar-refractivity contribution < 1.29 is 13.9 Å². The Kier molecular flexibility index (Phi) is 5.66. The molecule has 0 spiro atoms. The lowest BCUT2D eigenvalue weighted by Crippen LogP contribution is -2.29. The summed E-state index contributed by atoms with van der Waals surface area (Å²) in [5.41, 5.74) is 0.568. The third-order valence-electron chi connectivity index (χ3n) is 3.72. The van der Waals surface area contributed by atoms with Crippen molar-refractivity contribution in [3.8, 4) is 17.0 Å². The highest BCUT2D eigenvalue weighted by Gasteiger charge is 2.12. The van der Waals surface area contributed by atoms with E-state index in [1.165, 1.54) is 31.4 Å². The standard InChI is InChI=1S/C19H15BrFN3O3/c1-27-14-5-6-15(16(21)10-14)17-7-8-19(26)24(23-17)11-18(25)22-13-4-2-3-12(20)9-13/h2-10H,11H2,1H3,(H,22,25). The SMILES string of the molecule is COc1ccc(-c2ccc(=O)n(CC(=O)Nc3cccc(Br)c3)n2)c(F)c1. The second-order valence-corrected chi connectivity index (χ2v) is 6.53. The lowest BCUT2D eigenvalue weighted by atomic mass is 10.1. The van der Waals surface area contributed by atoms with Gasteiger partial charge in [-0.05, 0) is 36.4 Å². The zero-order valence-electron chi connectivity index (χ0n) is 14.3. The highest BCUT2D eigenvalue weighted by atomic mass is 79.9. The number of aromatic nitrogens is 2. The molecule has 138 valence electrons. The van der Waals surface area contributed by atoms with Gasteiger partial charge in [-0.1, -0.05) is 22.0 Å². The largest absolute Gasteiger partial charge is 0.497 e. The van der Waals surface area contributed by atoms with Gasteiger partial charge < -0.3 is 10.1 Å². The van der Waals surface area contributed by atoms with Crippen molar-refractivity contribution in [1.82, 2.24) is 9.78 Å². The summed E-state index contributed by atoms with van der Waals surface area (Å²) >= 11 is 3.32. The van der Waals surface area contributed by atoms with Gasteiger partial charge in [0.05, 0.1) is 12.8 Å². The van der Waals surface area contributed by atoms with Gasteiger partial charge in [-0.3, -0.25) is 9.59 Å². The zero-order valence-corrected chi connectivity index (χ0v) is 15.9. The summed E-state index contributed by atoms with van der Waals surface area (Å²) in [6.07, 6.45) is 0. The molecule has 0 aliphatic heterocycles. The van der Waals surface area contributed by atoms with E-state index in [0.717, 1.165) is 9.15 Å². The molecule has 3 aromatic rings. The molecule has 1 amide bonds. The minimum Gasteiger partial charge on any atom is -0.497 e. The van der Waals surface area contributed by atoms with Gasteiger partial charge in [0.25, 0.3) is 5.56 Å². The number of nitrogens with one attached hydrogen (secondary N) is 1. The molecule has 0 fully saturated rings. The van der Waals surface area contributed by atoms with Crippen molar-refractivity contribution in [2.24, 2.45) is 0 Å². The molecule has 6 nitrogen and oxygen atoms in total. The van der Waals surface area contributed by atoms with Gasteiger partial charge >= 0.3 is 0 Å². The summed E-state index contributed by atoms with van der Waals surface area (Å²) in [6.45, 7) is -0.295. The summed E-state index contributed by atoms with van der Waals surface area (Å²) < 4.78 is 21.0. The van der Waals surface area contributed by atoms with Gasteiger partial charge in [-0.2, -0.15) is 5.10 Å². The lowest BCUT2D eigenvalue weighted by molar-refractivity contribution is -0.117. The van der Waals surface area contributed by atoms with Crippen LogP contribution in [-0.4, -0.2) is 22.8 Å². The number of nitrogens with zero attached hydrogens (tertiary/aromatic N) is 2. The number of amides is 1. The van der Waals surface area contributed by atoms with Crippen molar-refractivity contribution in [1.29, 1.82) is 0 Å². The number of benzene rings is 2. The Bertz CT molecular complexity index is 1050. The average molecular weight is 432 g/mol. The third kappa shape index (κ3) is 4.59. The first-order valence-corrected chi connectivity index (χ1v) is 8.73. The number of methoxy groups -OCH3 is 1. The minimum absolute atomic E-state index is 0.206. The molecule has 8 heteroatoms. The normalized spacial score (nSPS) is 10.5. The molecular weight excluding hydrogens is 417 g/mol. The van der Waals surface area contributed by atoms with Crippen LogP contribution in [0, 0.1) is 5.82 Å². The summed E-state index contributed by atoms with van der Waals surface area (Å²) in [7, 11) is 1.44. The Morgan fingerprint density at radius 2 is 2.04 bits per heavy atom. The first-order valence-electron chi connectivity index (χ1n) is 7.94. The molecular formula is C19H15BrFN3O3. The molecule has 0 unspecified atom stereocenters. The van der Waals surface area contributed by atoms with Crippen LogP contribution in [0.15, 0.2) is 63.9 Å². The minimum atomic E-state index is -0.536. The van der Waals surface area contributed by atoms with E-state index in [-0.39, 0.29) is 17.8 Å². The van der Waals surface area contributed by atoms with Crippen molar-refractivity contribution in [3.05, 3.63) is 75.2 Å². The number of ether oxygens (including phenoxy) is 1. The fraction of sp³-hybridized carbons (Fsp3) is 0.105. The zero-order chi connectivity index (χ0) is 19.4. The summed E-state index contributed by atoms with van der Waals surface area (Å²) in [4.78, 5) is 24.3. The average Bonchev–Trinajstić information content (AvgIpc) is 2.63. The topological polar surface area (TPSA) is 73.2 Å². The molecule has 0 saturated carbocycles. The number of anilines is 1. The first-order chi connectivity index (χ1) is 13.0. The fourth-order valence-corrected chi connectivity index (χ4v) is 2.84. The van der Waals surface area contributed by atoms with Crippen LogP contribution in [0.5, 0.6) is 5.75 Å². The van der Waals surface area contributed by atoms with Crippen molar-refractivity contribution in [2.75, 3.05) is 12.4 Å². The molecule has 0 aliphatic rings. The quantitative estimate of drug-likeness (QED) is 0.671. The maximum atomic E-state index is 14.3. The van der Waals surface area contributed by atoms with E-state index in [1.807, 2.05) is 6.07 Å². The molecule has 0 bridgehead atoms. The van der Waals surface area contributed by atoms with E-state index >= 15 is 0 Å². The Morgan fingerprint density at radius 1 is 1.22 bits per heavy atom. The first kappa shape index (κ1) is 18.8. The predicted octanol–water partition coefficient (Wildman–Crippen LogP) is 3.46. The molecule has 0 radical (unpaired) electrons. The smallest absolute Gasteiger partial charge is 0.267 e. The number of rotatable bonds is 5. The Hall–Kier alpha value is -3.00. The molecule has 0 atom stereocenters. The molecule has 3 rings (SSSR count). The molecule has 1 N–H and O–H groups in total. The third-order valence-corrected chi connectivity index (χ3v) is 4.21. The molecule has 1 heterocycles. The van der Waals surface area contributed by atoms with Gasteiger partial charge in [0.15, 0.2) is 0 Å². The van der Waals surface area contributed by atoms with E-state index in [4.69, 9.17) is 4.74 Å². The van der Waals surface area contributed by atoms with Crippen LogP contribution < -0.4 is 15.6 Å². The highest BCUT2D eigenvalue weighted by Crippen LogP contribution is 2.24. The van der Waals surface area contributed by atoms with Gasteiger partial charge in [0, 0.05) is 27.9 Å². The van der Waals surface area contributed by atoms with E-state index in [0.29, 0.717) is 11.4 Å². The molecule has 1 aromatic heterocycles. The van der Waals surface area contributed by atoms with Crippen molar-refractivity contribution in [3.63, 3.8) is 0 Å². The van der Waals surface area contributed by atoms with Gasteiger partial charge in [0.1, 0.15) is 18.1 Å². The van der Waals surface area contributed by atoms with Crippen LogP contribution in [-0.2, 0) is 11.3 Å². The Balaban J connectivity index is 1.83. The molecule has 27 heavy (non-hydrogen) atoms. The summed E-state index contributed by atoms with van der Waals surface area (Å²) in [6, 6.07) is 14.0. The van der Waals surface area contributed by atoms with Crippen molar-refractivity contribution >= 4 is 27.5 Å². The van der Waals surface area contributed by atoms with Gasteiger partial charge in [-0.25, -0.2) is 9.07 Å². The van der Waals surface area contributed by atoms with Crippen LogP contribution in [0.3, 0.4) is 0 Å².